The number of likely N-dealkylation sites (tertiary alicyclic amines) is 1. The van der Waals surface area contributed by atoms with E-state index in [-0.39, 0.29) is 16.7 Å². The molecular formula is C23H35NO4. The number of benzene rings is 1. The zero-order valence-electron chi connectivity index (χ0n) is 18.3. The number of ether oxygens (including phenoxy) is 3. The van der Waals surface area contributed by atoms with E-state index < -0.39 is 0 Å². The lowest BCUT2D eigenvalue weighted by Gasteiger charge is -2.39. The van der Waals surface area contributed by atoms with Gasteiger partial charge >= 0.3 is 0 Å². The van der Waals surface area contributed by atoms with Crippen molar-refractivity contribution in [2.75, 3.05) is 26.4 Å². The van der Waals surface area contributed by atoms with E-state index in [2.05, 4.69) is 25.7 Å². The lowest BCUT2D eigenvalue weighted by Crippen LogP contribution is -2.37. The van der Waals surface area contributed by atoms with E-state index in [0.29, 0.717) is 48.7 Å². The molecule has 156 valence electrons. The Bertz CT molecular complexity index is 702. The van der Waals surface area contributed by atoms with E-state index in [9.17, 15) is 4.79 Å². The summed E-state index contributed by atoms with van der Waals surface area (Å²) in [6.07, 6.45) is 3.32. The molecule has 1 aromatic rings. The molecule has 1 saturated heterocycles. The molecule has 1 aliphatic heterocycles. The minimum Gasteiger partial charge on any atom is -0.490 e. The van der Waals surface area contributed by atoms with E-state index in [0.717, 1.165) is 25.8 Å². The third-order valence-corrected chi connectivity index (χ3v) is 5.83. The molecule has 2 unspecified atom stereocenters. The van der Waals surface area contributed by atoms with Crippen molar-refractivity contribution in [2.24, 2.45) is 10.8 Å². The molecule has 28 heavy (non-hydrogen) atoms. The Labute approximate surface area is 169 Å². The van der Waals surface area contributed by atoms with Crippen LogP contribution in [0.5, 0.6) is 17.2 Å². The van der Waals surface area contributed by atoms with Crippen molar-refractivity contribution in [1.82, 2.24) is 4.90 Å². The first-order valence-electron chi connectivity index (χ1n) is 10.6. The van der Waals surface area contributed by atoms with Gasteiger partial charge in [-0.1, -0.05) is 20.8 Å². The smallest absolute Gasteiger partial charge is 0.254 e. The first-order valence-corrected chi connectivity index (χ1v) is 10.6. The Hall–Kier alpha value is -1.91. The van der Waals surface area contributed by atoms with Crippen LogP contribution < -0.4 is 14.2 Å². The molecule has 1 saturated carbocycles. The number of fused-ring (bicyclic) bond motifs is 2. The van der Waals surface area contributed by atoms with Crippen LogP contribution in [0, 0.1) is 10.8 Å². The number of hydrogen-bond donors (Lipinski definition) is 0. The van der Waals surface area contributed by atoms with E-state index in [1.165, 1.54) is 0 Å². The second-order valence-electron chi connectivity index (χ2n) is 9.25. The summed E-state index contributed by atoms with van der Waals surface area (Å²) < 4.78 is 17.4. The average Bonchev–Trinajstić information content (AvgIpc) is 2.86. The van der Waals surface area contributed by atoms with Gasteiger partial charge in [0.25, 0.3) is 5.91 Å². The minimum atomic E-state index is 0.0661. The summed E-state index contributed by atoms with van der Waals surface area (Å²) >= 11 is 0. The highest BCUT2D eigenvalue weighted by Crippen LogP contribution is 2.53. The Morgan fingerprint density at radius 2 is 1.57 bits per heavy atom. The van der Waals surface area contributed by atoms with Gasteiger partial charge in [0.1, 0.15) is 0 Å². The molecule has 5 nitrogen and oxygen atoms in total. The molecule has 1 aliphatic carbocycles. The highest BCUT2D eigenvalue weighted by atomic mass is 16.5. The number of rotatable bonds is 7. The van der Waals surface area contributed by atoms with Gasteiger partial charge < -0.3 is 19.1 Å². The summed E-state index contributed by atoms with van der Waals surface area (Å²) in [5.74, 6) is 1.80. The monoisotopic (exact) mass is 389 g/mol. The predicted molar refractivity (Wildman–Crippen MR) is 111 cm³/mol. The third-order valence-electron chi connectivity index (χ3n) is 5.83. The van der Waals surface area contributed by atoms with Gasteiger partial charge in [-0.3, -0.25) is 4.79 Å². The second-order valence-corrected chi connectivity index (χ2v) is 9.25. The highest BCUT2D eigenvalue weighted by Gasteiger charge is 2.51. The van der Waals surface area contributed by atoms with Crippen LogP contribution in [-0.2, 0) is 0 Å². The molecule has 0 N–H and O–H groups in total. The van der Waals surface area contributed by atoms with Crippen molar-refractivity contribution < 1.29 is 19.0 Å². The van der Waals surface area contributed by atoms with Crippen LogP contribution in [0.2, 0.25) is 0 Å². The van der Waals surface area contributed by atoms with Gasteiger partial charge in [-0.05, 0) is 63.0 Å². The fourth-order valence-corrected chi connectivity index (χ4v) is 5.38. The SMILES string of the molecule is CCOc1cc(C(=O)N2CC3(C)CC2CC(C)(C)C3)cc(OCC)c1OCC. The molecule has 0 aromatic heterocycles. The first-order chi connectivity index (χ1) is 13.2. The van der Waals surface area contributed by atoms with Gasteiger partial charge in [0.2, 0.25) is 5.75 Å². The Morgan fingerprint density at radius 1 is 1.00 bits per heavy atom. The van der Waals surface area contributed by atoms with Crippen LogP contribution in [0.15, 0.2) is 12.1 Å². The average molecular weight is 390 g/mol. The van der Waals surface area contributed by atoms with Crippen LogP contribution in [0.25, 0.3) is 0 Å². The third kappa shape index (κ3) is 4.08. The van der Waals surface area contributed by atoms with Gasteiger partial charge in [0, 0.05) is 18.2 Å². The van der Waals surface area contributed by atoms with E-state index in [1.54, 1.807) is 0 Å². The summed E-state index contributed by atoms with van der Waals surface area (Å²) in [4.78, 5) is 15.6. The zero-order chi connectivity index (χ0) is 20.5. The van der Waals surface area contributed by atoms with E-state index >= 15 is 0 Å². The predicted octanol–water partition coefficient (Wildman–Crippen LogP) is 4.92. The molecule has 0 spiro atoms. The number of hydrogen-bond acceptors (Lipinski definition) is 4. The lowest BCUT2D eigenvalue weighted by molar-refractivity contribution is 0.0707. The fourth-order valence-electron chi connectivity index (χ4n) is 5.38. The van der Waals surface area contributed by atoms with Crippen molar-refractivity contribution in [1.29, 1.82) is 0 Å². The maximum atomic E-state index is 13.5. The van der Waals surface area contributed by atoms with E-state index in [1.807, 2.05) is 32.9 Å². The van der Waals surface area contributed by atoms with Gasteiger partial charge in [0.05, 0.1) is 19.8 Å². The van der Waals surface area contributed by atoms with Crippen LogP contribution in [0.3, 0.4) is 0 Å². The molecule has 3 rings (SSSR count). The standard InChI is InChI=1S/C23H35NO4/c1-7-26-18-10-16(11-19(27-8-2)20(18)28-9-3)21(25)24-15-23(6)13-17(24)12-22(4,5)14-23/h10-11,17H,7-9,12-15H2,1-6H3. The maximum absolute atomic E-state index is 13.5. The molecule has 1 heterocycles. The number of amides is 1. The maximum Gasteiger partial charge on any atom is 0.254 e. The van der Waals surface area contributed by atoms with Gasteiger partial charge in [-0.2, -0.15) is 0 Å². The fraction of sp³-hybridized carbons (Fsp3) is 0.696. The molecular weight excluding hydrogens is 354 g/mol. The molecule has 1 amide bonds. The Balaban J connectivity index is 1.95. The topological polar surface area (TPSA) is 48.0 Å². The molecule has 5 heteroatoms. The molecule has 2 bridgehead atoms. The molecule has 2 aliphatic rings. The number of nitrogens with zero attached hydrogens (tertiary/aromatic N) is 1. The Kier molecular flexibility index (Phi) is 5.83. The van der Waals surface area contributed by atoms with Crippen molar-refractivity contribution in [2.45, 2.75) is 66.8 Å². The molecule has 0 radical (unpaired) electrons. The van der Waals surface area contributed by atoms with Crippen molar-refractivity contribution >= 4 is 5.91 Å². The molecule has 1 aromatic carbocycles. The summed E-state index contributed by atoms with van der Waals surface area (Å²) in [5, 5.41) is 0. The summed E-state index contributed by atoms with van der Waals surface area (Å²) in [6, 6.07) is 3.93. The van der Waals surface area contributed by atoms with Gasteiger partial charge in [-0.25, -0.2) is 0 Å². The quantitative estimate of drug-likeness (QED) is 0.664. The normalized spacial score (nSPS) is 25.5. The summed E-state index contributed by atoms with van der Waals surface area (Å²) in [6.45, 7) is 15.1. The van der Waals surface area contributed by atoms with Crippen LogP contribution >= 0.6 is 0 Å². The van der Waals surface area contributed by atoms with Gasteiger partial charge in [-0.15, -0.1) is 0 Å². The largest absolute Gasteiger partial charge is 0.490 e. The lowest BCUT2D eigenvalue weighted by atomic mass is 9.65. The molecule has 2 fully saturated rings. The van der Waals surface area contributed by atoms with Crippen molar-refractivity contribution in [3.63, 3.8) is 0 Å². The van der Waals surface area contributed by atoms with Crippen LogP contribution in [-0.4, -0.2) is 43.2 Å². The highest BCUT2D eigenvalue weighted by molar-refractivity contribution is 5.96. The Morgan fingerprint density at radius 3 is 2.11 bits per heavy atom. The second kappa shape index (κ2) is 7.84. The van der Waals surface area contributed by atoms with Crippen molar-refractivity contribution in [3.05, 3.63) is 17.7 Å². The van der Waals surface area contributed by atoms with Crippen molar-refractivity contribution in [3.8, 4) is 17.2 Å². The summed E-state index contributed by atoms with van der Waals surface area (Å²) in [5.41, 5.74) is 1.10. The van der Waals surface area contributed by atoms with E-state index in [4.69, 9.17) is 14.2 Å². The number of carbonyl (C=O) groups excluding carboxylic acids is 1. The minimum absolute atomic E-state index is 0.0661. The zero-order valence-corrected chi connectivity index (χ0v) is 18.3. The number of carbonyl (C=O) groups is 1. The van der Waals surface area contributed by atoms with Gasteiger partial charge in [0.15, 0.2) is 11.5 Å². The van der Waals surface area contributed by atoms with Crippen LogP contribution in [0.1, 0.15) is 71.2 Å². The first kappa shape index (κ1) is 20.8. The summed E-state index contributed by atoms with van der Waals surface area (Å²) in [7, 11) is 0. The van der Waals surface area contributed by atoms with Crippen LogP contribution in [0.4, 0.5) is 0 Å². The molecule has 2 atom stereocenters.